The molecule has 5 nitrogen and oxygen atoms in total. The van der Waals surface area contributed by atoms with E-state index in [2.05, 4.69) is 23.5 Å². The Morgan fingerprint density at radius 1 is 1.08 bits per heavy atom. The molecule has 1 atom stereocenters. The van der Waals surface area contributed by atoms with Crippen molar-refractivity contribution in [1.29, 1.82) is 0 Å². The second kappa shape index (κ2) is 7.94. The number of carbonyl (C=O) groups is 2. The first-order valence-electron chi connectivity index (χ1n) is 8.63. The number of hydrogen-bond acceptors (Lipinski definition) is 3. The maximum absolute atomic E-state index is 12.4. The van der Waals surface area contributed by atoms with Crippen molar-refractivity contribution in [2.75, 3.05) is 25.0 Å². The normalized spacial score (nSPS) is 16.0. The maximum Gasteiger partial charge on any atom is 0.340 e. The second-order valence-corrected chi connectivity index (χ2v) is 6.19. The minimum Gasteiger partial charge on any atom is -0.462 e. The molecule has 0 fully saturated rings. The second-order valence-electron chi connectivity index (χ2n) is 6.19. The zero-order valence-corrected chi connectivity index (χ0v) is 14.4. The topological polar surface area (TPSA) is 59.8 Å². The van der Waals surface area contributed by atoms with E-state index in [1.54, 1.807) is 31.2 Å². The molecule has 5 heteroatoms. The van der Waals surface area contributed by atoms with Crippen LogP contribution in [0.25, 0.3) is 0 Å². The highest BCUT2D eigenvalue weighted by Crippen LogP contribution is 2.16. The zero-order valence-electron chi connectivity index (χ0n) is 14.4. The van der Waals surface area contributed by atoms with E-state index in [1.165, 1.54) is 16.0 Å². The van der Waals surface area contributed by atoms with E-state index in [1.807, 2.05) is 6.07 Å². The van der Waals surface area contributed by atoms with E-state index >= 15 is 0 Å². The first-order chi connectivity index (χ1) is 12.2. The Morgan fingerprint density at radius 2 is 1.80 bits per heavy atom. The van der Waals surface area contributed by atoms with Crippen LogP contribution in [0.5, 0.6) is 0 Å². The molecule has 130 valence electrons. The van der Waals surface area contributed by atoms with Gasteiger partial charge in [0, 0.05) is 12.0 Å². The van der Waals surface area contributed by atoms with Crippen molar-refractivity contribution < 1.29 is 19.2 Å². The fourth-order valence-electron chi connectivity index (χ4n) is 3.19. The number of fused-ring (bicyclic) bond motifs is 1. The third-order valence-electron chi connectivity index (χ3n) is 4.41. The van der Waals surface area contributed by atoms with Gasteiger partial charge in [0.2, 0.25) is 0 Å². The summed E-state index contributed by atoms with van der Waals surface area (Å²) in [7, 11) is 0. The van der Waals surface area contributed by atoms with Crippen molar-refractivity contribution in [1.82, 2.24) is 0 Å². The lowest BCUT2D eigenvalue weighted by Crippen LogP contribution is -3.12. The molecule has 1 amide bonds. The quantitative estimate of drug-likeness (QED) is 0.811. The highest BCUT2D eigenvalue weighted by atomic mass is 16.5. The van der Waals surface area contributed by atoms with Gasteiger partial charge in [0.1, 0.15) is 6.54 Å². The van der Waals surface area contributed by atoms with Gasteiger partial charge in [-0.25, -0.2) is 4.79 Å². The SMILES string of the molecule is CCOC(=O)c1ccccc1NC(=O)C[NH+]1CCc2ccccc2C1. The highest BCUT2D eigenvalue weighted by molar-refractivity contribution is 6.01. The summed E-state index contributed by atoms with van der Waals surface area (Å²) >= 11 is 0. The summed E-state index contributed by atoms with van der Waals surface area (Å²) in [6.07, 6.45) is 0.984. The number of amides is 1. The largest absolute Gasteiger partial charge is 0.462 e. The van der Waals surface area contributed by atoms with Crippen molar-refractivity contribution in [2.24, 2.45) is 0 Å². The van der Waals surface area contributed by atoms with Crippen LogP contribution in [0, 0.1) is 0 Å². The minimum absolute atomic E-state index is 0.0915. The van der Waals surface area contributed by atoms with E-state index in [0.29, 0.717) is 24.4 Å². The van der Waals surface area contributed by atoms with Crippen LogP contribution in [0.1, 0.15) is 28.4 Å². The van der Waals surface area contributed by atoms with Gasteiger partial charge in [-0.3, -0.25) is 4.79 Å². The molecule has 1 aliphatic rings. The summed E-state index contributed by atoms with van der Waals surface area (Å²) in [5.41, 5.74) is 3.57. The number of carbonyl (C=O) groups excluding carboxylic acids is 2. The number of rotatable bonds is 5. The van der Waals surface area contributed by atoms with Crippen LogP contribution in [0.4, 0.5) is 5.69 Å². The lowest BCUT2D eigenvalue weighted by Gasteiger charge is -2.25. The van der Waals surface area contributed by atoms with Gasteiger partial charge in [0.15, 0.2) is 6.54 Å². The lowest BCUT2D eigenvalue weighted by molar-refractivity contribution is -0.907. The van der Waals surface area contributed by atoms with Gasteiger partial charge < -0.3 is 15.0 Å². The van der Waals surface area contributed by atoms with E-state index in [-0.39, 0.29) is 5.91 Å². The number of anilines is 1. The maximum atomic E-state index is 12.4. The number of nitrogens with one attached hydrogen (secondary N) is 2. The zero-order chi connectivity index (χ0) is 17.6. The lowest BCUT2D eigenvalue weighted by atomic mass is 10.00. The molecule has 1 unspecified atom stereocenters. The van der Waals surface area contributed by atoms with Crippen molar-refractivity contribution in [3.63, 3.8) is 0 Å². The molecule has 0 aromatic heterocycles. The molecule has 2 aromatic carbocycles. The number of hydrogen-bond donors (Lipinski definition) is 2. The molecule has 0 spiro atoms. The Hall–Kier alpha value is -2.66. The molecule has 0 bridgehead atoms. The summed E-state index contributed by atoms with van der Waals surface area (Å²) in [5, 5.41) is 2.86. The van der Waals surface area contributed by atoms with E-state index < -0.39 is 5.97 Å². The van der Waals surface area contributed by atoms with Gasteiger partial charge in [-0.2, -0.15) is 0 Å². The van der Waals surface area contributed by atoms with Crippen LogP contribution in [-0.2, 0) is 22.5 Å². The van der Waals surface area contributed by atoms with Crippen LogP contribution in [0.15, 0.2) is 48.5 Å². The van der Waals surface area contributed by atoms with Gasteiger partial charge in [-0.05, 0) is 24.6 Å². The third-order valence-corrected chi connectivity index (χ3v) is 4.41. The smallest absolute Gasteiger partial charge is 0.340 e. The number of benzene rings is 2. The molecule has 0 radical (unpaired) electrons. The number of esters is 1. The molecule has 0 saturated heterocycles. The monoisotopic (exact) mass is 339 g/mol. The fourth-order valence-corrected chi connectivity index (χ4v) is 3.19. The number of ether oxygens (including phenoxy) is 1. The van der Waals surface area contributed by atoms with Gasteiger partial charge in [-0.15, -0.1) is 0 Å². The molecular weight excluding hydrogens is 316 g/mol. The molecule has 0 saturated carbocycles. The highest BCUT2D eigenvalue weighted by Gasteiger charge is 2.22. The standard InChI is InChI=1S/C20H22N2O3/c1-2-25-20(24)17-9-5-6-10-18(17)21-19(23)14-22-12-11-15-7-3-4-8-16(15)13-22/h3-10H,2,11-14H2,1H3,(H,21,23)/p+1. The Morgan fingerprint density at radius 3 is 2.60 bits per heavy atom. The summed E-state index contributed by atoms with van der Waals surface area (Å²) in [6.45, 7) is 4.23. The van der Waals surface area contributed by atoms with Crippen molar-refractivity contribution in [2.45, 2.75) is 19.9 Å². The van der Waals surface area contributed by atoms with Crippen LogP contribution in [0.2, 0.25) is 0 Å². The average molecular weight is 339 g/mol. The first kappa shape index (κ1) is 17.2. The Kier molecular flexibility index (Phi) is 5.46. The summed E-state index contributed by atoms with van der Waals surface area (Å²) < 4.78 is 5.04. The third kappa shape index (κ3) is 4.25. The number of para-hydroxylation sites is 1. The summed E-state index contributed by atoms with van der Waals surface area (Å²) in [5.74, 6) is -0.510. The molecule has 3 rings (SSSR count). The molecule has 2 aromatic rings. The van der Waals surface area contributed by atoms with Crippen LogP contribution in [-0.4, -0.2) is 31.6 Å². The van der Waals surface area contributed by atoms with Gasteiger partial charge in [-0.1, -0.05) is 36.4 Å². The van der Waals surface area contributed by atoms with E-state index in [0.717, 1.165) is 19.5 Å². The molecule has 25 heavy (non-hydrogen) atoms. The summed E-state index contributed by atoms with van der Waals surface area (Å²) in [6, 6.07) is 15.3. The Balaban J connectivity index is 1.63. The van der Waals surface area contributed by atoms with Gasteiger partial charge >= 0.3 is 5.97 Å². The van der Waals surface area contributed by atoms with E-state index in [9.17, 15) is 9.59 Å². The first-order valence-corrected chi connectivity index (χ1v) is 8.63. The van der Waals surface area contributed by atoms with Crippen molar-refractivity contribution in [3.05, 3.63) is 65.2 Å². The van der Waals surface area contributed by atoms with Crippen molar-refractivity contribution in [3.8, 4) is 0 Å². The van der Waals surface area contributed by atoms with Gasteiger partial charge in [0.05, 0.1) is 24.4 Å². The predicted molar refractivity (Wildman–Crippen MR) is 95.6 cm³/mol. The summed E-state index contributed by atoms with van der Waals surface area (Å²) in [4.78, 5) is 25.7. The van der Waals surface area contributed by atoms with E-state index in [4.69, 9.17) is 4.74 Å². The Bertz CT molecular complexity index is 773. The molecule has 2 N–H and O–H groups in total. The minimum atomic E-state index is -0.419. The fraction of sp³-hybridized carbons (Fsp3) is 0.300. The predicted octanol–water partition coefficient (Wildman–Crippen LogP) is 1.44. The van der Waals surface area contributed by atoms with Crippen LogP contribution >= 0.6 is 0 Å². The Labute approximate surface area is 147 Å². The molecule has 1 heterocycles. The molecule has 0 aliphatic carbocycles. The average Bonchev–Trinajstić information content (AvgIpc) is 2.62. The molecule has 1 aliphatic heterocycles. The van der Waals surface area contributed by atoms with Crippen LogP contribution < -0.4 is 10.2 Å². The molecular formula is C20H23N2O3+. The number of quaternary nitrogens is 1. The van der Waals surface area contributed by atoms with Crippen molar-refractivity contribution >= 4 is 17.6 Å². The van der Waals surface area contributed by atoms with Crippen LogP contribution in [0.3, 0.4) is 0 Å². The van der Waals surface area contributed by atoms with Gasteiger partial charge in [0.25, 0.3) is 5.91 Å².